The monoisotopic (exact) mass is 305 g/mol. The Morgan fingerprint density at radius 2 is 0.875 bits per heavy atom. The molecule has 8 heteroatoms. The second kappa shape index (κ2) is 8.49. The average Bonchev–Trinajstić information content (AvgIpc) is 0.722. The zero-order valence-corrected chi connectivity index (χ0v) is 3.67. The molecular formula is H10FGaInO4Si. The first kappa shape index (κ1) is 22.7. The van der Waals surface area contributed by atoms with Gasteiger partial charge in [-0.25, -0.2) is 0 Å². The first-order chi connectivity index (χ1) is 2.00. The van der Waals surface area contributed by atoms with Crippen molar-refractivity contribution in [1.29, 1.82) is 0 Å². The molecule has 4 N–H and O–H groups in total. The number of halogens is 1. The third-order valence-electron chi connectivity index (χ3n) is 0. The summed E-state index contributed by atoms with van der Waals surface area (Å²) in [4.78, 5) is 29.3. The minimum atomic E-state index is -4.61. The van der Waals surface area contributed by atoms with Gasteiger partial charge in [0, 0.05) is 4.70 Å². The van der Waals surface area contributed by atoms with Gasteiger partial charge in [0.15, 0.2) is 0 Å². The van der Waals surface area contributed by atoms with Crippen LogP contribution in [0.5, 0.6) is 0 Å². The predicted molar refractivity (Wildman–Crippen MR) is 35.6 cm³/mol. The summed E-state index contributed by atoms with van der Waals surface area (Å²) in [6.07, 6.45) is 0. The Bertz CT molecular complexity index is 31.5. The van der Waals surface area contributed by atoms with Crippen LogP contribution in [0.15, 0.2) is 0 Å². The van der Waals surface area contributed by atoms with E-state index >= 15 is 0 Å². The van der Waals surface area contributed by atoms with Crippen LogP contribution in [0, 0.1) is 0 Å². The summed E-state index contributed by atoms with van der Waals surface area (Å²) in [7, 11) is -4.61. The molecule has 4 nitrogen and oxygen atoms in total. The molecule has 0 unspecified atom stereocenters. The molecular weight excluding hydrogens is 296 g/mol. The van der Waals surface area contributed by atoms with Crippen molar-refractivity contribution in [2.45, 2.75) is 0 Å². The van der Waals surface area contributed by atoms with Gasteiger partial charge in [0.1, 0.15) is 0 Å². The second-order valence-corrected chi connectivity index (χ2v) is 1.80. The van der Waals surface area contributed by atoms with Crippen LogP contribution < -0.4 is 0 Å². The summed E-state index contributed by atoms with van der Waals surface area (Å²) >= 11 is 0. The molecule has 8 heavy (non-hydrogen) atoms. The van der Waals surface area contributed by atoms with Crippen LogP contribution in [-0.2, 0) is 0 Å². The standard InChI is InChI=1S/F.Ga.In.H4O4Si.6H/c;;;1-5(2,3)4;;;;;;/h;;;1-4H;;;;;;. The van der Waals surface area contributed by atoms with Crippen LogP contribution in [0.25, 0.3) is 0 Å². The SMILES string of the molecule is O[Si](O)(O)O.[F].[GaH3].[InH3]. The van der Waals surface area contributed by atoms with Crippen molar-refractivity contribution in [1.82, 2.24) is 0 Å². The number of hydrogen-bond donors (Lipinski definition) is 4. The van der Waals surface area contributed by atoms with Crippen molar-refractivity contribution in [3.05, 3.63) is 0 Å². The Morgan fingerprint density at radius 3 is 0.875 bits per heavy atom. The molecule has 0 aromatic heterocycles. The van der Waals surface area contributed by atoms with E-state index in [1.807, 2.05) is 0 Å². The van der Waals surface area contributed by atoms with Gasteiger partial charge in [-0.2, -0.15) is 0 Å². The van der Waals surface area contributed by atoms with Crippen LogP contribution >= 0.6 is 0 Å². The maximum absolute atomic E-state index is 7.33. The van der Waals surface area contributed by atoms with Gasteiger partial charge in [0.2, 0.25) is 0 Å². The van der Waals surface area contributed by atoms with E-state index in [1.165, 1.54) is 0 Å². The van der Waals surface area contributed by atoms with Crippen molar-refractivity contribution in [2.24, 2.45) is 0 Å². The Labute approximate surface area is 78.2 Å². The van der Waals surface area contributed by atoms with Gasteiger partial charge in [-0.05, 0) is 0 Å². The fourth-order valence-corrected chi connectivity index (χ4v) is 0. The van der Waals surface area contributed by atoms with E-state index in [0.717, 1.165) is 0 Å². The molecule has 0 atom stereocenters. The molecule has 0 bridgehead atoms. The first-order valence-electron chi connectivity index (χ1n) is 0.894. The Hall–Kier alpha value is 1.49. The molecule has 0 rings (SSSR count). The Morgan fingerprint density at radius 1 is 0.875 bits per heavy atom. The molecule has 0 aliphatic rings. The van der Waals surface area contributed by atoms with Crippen LogP contribution in [0.3, 0.4) is 0 Å². The number of hydrogen-bond acceptors (Lipinski definition) is 4. The fraction of sp³-hybridized carbons (Fsp3) is 0. The molecule has 0 saturated heterocycles. The van der Waals surface area contributed by atoms with E-state index in [4.69, 9.17) is 19.2 Å². The van der Waals surface area contributed by atoms with E-state index in [-0.39, 0.29) is 50.3 Å². The summed E-state index contributed by atoms with van der Waals surface area (Å²) in [5.74, 6) is 0. The van der Waals surface area contributed by atoms with Crippen molar-refractivity contribution in [3.63, 3.8) is 0 Å². The molecule has 51 valence electrons. The van der Waals surface area contributed by atoms with Crippen LogP contribution in [-0.4, -0.2) is 73.9 Å². The zero-order valence-electron chi connectivity index (χ0n) is 2.67. The average molecular weight is 306 g/mol. The summed E-state index contributed by atoms with van der Waals surface area (Å²) in [6.45, 7) is 0. The third-order valence-corrected chi connectivity index (χ3v) is 0. The maximum atomic E-state index is 7.33. The van der Waals surface area contributed by atoms with Gasteiger partial charge >= 0.3 is 54.7 Å². The Balaban J connectivity index is -0.0000000267. The first-order valence-corrected chi connectivity index (χ1v) is 2.68. The molecule has 0 aromatic carbocycles. The molecule has 0 aliphatic heterocycles. The van der Waals surface area contributed by atoms with E-state index < -0.39 is 9.05 Å². The Kier molecular flexibility index (Phi) is 24.1. The molecule has 0 spiro atoms. The normalized spacial score (nSPS) is 7.50. The van der Waals surface area contributed by atoms with Gasteiger partial charge in [-0.15, -0.1) is 0 Å². The minimum absolute atomic E-state index is 0. The topological polar surface area (TPSA) is 80.9 Å². The van der Waals surface area contributed by atoms with Crippen LogP contribution in [0.1, 0.15) is 0 Å². The van der Waals surface area contributed by atoms with Crippen molar-refractivity contribution in [2.75, 3.05) is 0 Å². The molecule has 0 aromatic rings. The molecule has 0 amide bonds. The van der Waals surface area contributed by atoms with E-state index in [1.54, 1.807) is 0 Å². The fourth-order valence-electron chi connectivity index (χ4n) is 0. The van der Waals surface area contributed by atoms with Crippen LogP contribution in [0.4, 0.5) is 4.70 Å². The van der Waals surface area contributed by atoms with Gasteiger partial charge in [0.05, 0.1) is 0 Å². The summed E-state index contributed by atoms with van der Waals surface area (Å²) < 4.78 is 0. The second-order valence-electron chi connectivity index (χ2n) is 0.600. The van der Waals surface area contributed by atoms with Gasteiger partial charge < -0.3 is 19.2 Å². The molecule has 0 saturated carbocycles. The van der Waals surface area contributed by atoms with Crippen molar-refractivity contribution >= 4 is 54.7 Å². The van der Waals surface area contributed by atoms with Crippen molar-refractivity contribution < 1.29 is 23.9 Å². The van der Waals surface area contributed by atoms with E-state index in [2.05, 4.69) is 0 Å². The summed E-state index contributed by atoms with van der Waals surface area (Å²) in [5, 5.41) is 0. The zero-order chi connectivity index (χ0) is 4.50. The molecule has 0 fully saturated rings. The van der Waals surface area contributed by atoms with Gasteiger partial charge in [-0.3, -0.25) is 0 Å². The summed E-state index contributed by atoms with van der Waals surface area (Å²) in [6, 6.07) is 0. The molecule has 0 aliphatic carbocycles. The van der Waals surface area contributed by atoms with E-state index in [9.17, 15) is 0 Å². The summed E-state index contributed by atoms with van der Waals surface area (Å²) in [5.41, 5.74) is 0. The van der Waals surface area contributed by atoms with Gasteiger partial charge in [-0.1, -0.05) is 0 Å². The van der Waals surface area contributed by atoms with Gasteiger partial charge in [0.25, 0.3) is 0 Å². The van der Waals surface area contributed by atoms with E-state index in [0.29, 0.717) is 0 Å². The quantitative estimate of drug-likeness (QED) is 0.340. The van der Waals surface area contributed by atoms with Crippen LogP contribution in [0.2, 0.25) is 0 Å². The molecule has 0 heterocycles. The third kappa shape index (κ3) is 142. The molecule has 1 radical (unpaired) electrons. The predicted octanol–water partition coefficient (Wildman–Crippen LogP) is -4.56. The van der Waals surface area contributed by atoms with Crippen molar-refractivity contribution in [3.8, 4) is 0 Å². The number of rotatable bonds is 0.